The topological polar surface area (TPSA) is 66.8 Å². The number of hydrogen-bond acceptors (Lipinski definition) is 5. The summed E-state index contributed by atoms with van der Waals surface area (Å²) in [5.41, 5.74) is 3.12. The number of nitrogens with one attached hydrogen (secondary N) is 1. The van der Waals surface area contributed by atoms with Gasteiger partial charge in [-0.1, -0.05) is 42.0 Å². The van der Waals surface area contributed by atoms with Gasteiger partial charge in [-0.3, -0.25) is 14.3 Å². The van der Waals surface area contributed by atoms with Crippen molar-refractivity contribution in [3.8, 4) is 5.69 Å². The lowest BCUT2D eigenvalue weighted by molar-refractivity contribution is 0.739. The van der Waals surface area contributed by atoms with E-state index in [1.807, 2.05) is 37.3 Å². The Hall–Kier alpha value is -3.03. The normalized spacial score (nSPS) is 15.6. The van der Waals surface area contributed by atoms with E-state index >= 15 is 0 Å². The number of aromatic amines is 1. The van der Waals surface area contributed by atoms with Crippen LogP contribution in [0.3, 0.4) is 0 Å². The molecular formula is C22H18ClN5OS. The molecule has 2 aromatic heterocycles. The van der Waals surface area contributed by atoms with Crippen LogP contribution in [0.25, 0.3) is 16.7 Å². The van der Waals surface area contributed by atoms with E-state index in [0.29, 0.717) is 32.5 Å². The molecule has 5 rings (SSSR count). The zero-order valence-electron chi connectivity index (χ0n) is 16.4. The summed E-state index contributed by atoms with van der Waals surface area (Å²) >= 11 is 11.7. The Morgan fingerprint density at radius 3 is 2.63 bits per heavy atom. The molecule has 1 aliphatic heterocycles. The van der Waals surface area contributed by atoms with Gasteiger partial charge in [0.2, 0.25) is 5.95 Å². The Morgan fingerprint density at radius 2 is 1.87 bits per heavy atom. The number of aryl methyl sites for hydroxylation is 1. The second kappa shape index (κ2) is 7.04. The third-order valence-corrected chi connectivity index (χ3v) is 6.06. The van der Waals surface area contributed by atoms with Gasteiger partial charge < -0.3 is 4.90 Å². The van der Waals surface area contributed by atoms with Crippen molar-refractivity contribution in [1.29, 1.82) is 0 Å². The third-order valence-electron chi connectivity index (χ3n) is 5.42. The van der Waals surface area contributed by atoms with Crippen LogP contribution < -0.4 is 10.5 Å². The number of halogens is 1. The van der Waals surface area contributed by atoms with Crippen molar-refractivity contribution in [3.63, 3.8) is 0 Å². The standard InChI is InChI=1S/C22H18ClN5OS/c1-12-11-14-5-3-4-6-17(14)27(12)22-25-19-18(20(29)26-22)21(30)28(13(2)24-19)16-9-7-15(23)8-10-16/h3-10,12H,11H2,1-2H3,(H,25,26,29)/t12-/m0/s1. The highest BCUT2D eigenvalue weighted by atomic mass is 35.5. The van der Waals surface area contributed by atoms with E-state index in [4.69, 9.17) is 28.8 Å². The quantitative estimate of drug-likeness (QED) is 0.454. The van der Waals surface area contributed by atoms with Crippen LogP contribution >= 0.6 is 23.8 Å². The van der Waals surface area contributed by atoms with Crippen molar-refractivity contribution in [1.82, 2.24) is 19.5 Å². The molecule has 1 aliphatic rings. The van der Waals surface area contributed by atoms with E-state index in [-0.39, 0.29) is 11.6 Å². The molecule has 3 heterocycles. The Bertz CT molecular complexity index is 1410. The predicted octanol–water partition coefficient (Wildman–Crippen LogP) is 4.88. The lowest BCUT2D eigenvalue weighted by atomic mass is 10.1. The number of hydrogen-bond donors (Lipinski definition) is 1. The Morgan fingerprint density at radius 1 is 1.13 bits per heavy atom. The van der Waals surface area contributed by atoms with Crippen molar-refractivity contribution in [2.45, 2.75) is 26.3 Å². The molecule has 0 spiro atoms. The summed E-state index contributed by atoms with van der Waals surface area (Å²) in [6, 6.07) is 15.6. The van der Waals surface area contributed by atoms with E-state index in [1.54, 1.807) is 16.7 Å². The molecule has 1 N–H and O–H groups in total. The number of nitrogens with zero attached hydrogens (tertiary/aromatic N) is 4. The van der Waals surface area contributed by atoms with Gasteiger partial charge in [-0.2, -0.15) is 4.98 Å². The molecule has 0 saturated heterocycles. The fraction of sp³-hybridized carbons (Fsp3) is 0.182. The van der Waals surface area contributed by atoms with E-state index in [2.05, 4.69) is 27.9 Å². The van der Waals surface area contributed by atoms with Gasteiger partial charge in [0.15, 0.2) is 5.65 Å². The van der Waals surface area contributed by atoms with Gasteiger partial charge in [-0.15, -0.1) is 0 Å². The SMILES string of the molecule is Cc1nc2nc(N3c4ccccc4C[C@@H]3C)[nH]c(=O)c2c(=S)n1-c1ccc(Cl)cc1. The minimum absolute atomic E-state index is 0.176. The summed E-state index contributed by atoms with van der Waals surface area (Å²) in [6.45, 7) is 3.96. The molecule has 6 nitrogen and oxygen atoms in total. The summed E-state index contributed by atoms with van der Waals surface area (Å²) in [6.07, 6.45) is 0.891. The number of benzene rings is 2. The molecule has 0 amide bonds. The monoisotopic (exact) mass is 435 g/mol. The minimum atomic E-state index is -0.299. The van der Waals surface area contributed by atoms with Gasteiger partial charge in [0, 0.05) is 22.4 Å². The largest absolute Gasteiger partial charge is 0.309 e. The van der Waals surface area contributed by atoms with Crippen LogP contribution in [0, 0.1) is 11.6 Å². The smallest absolute Gasteiger partial charge is 0.264 e. The second-order valence-electron chi connectivity index (χ2n) is 7.42. The first-order chi connectivity index (χ1) is 14.4. The summed E-state index contributed by atoms with van der Waals surface area (Å²) in [7, 11) is 0. The van der Waals surface area contributed by atoms with Gasteiger partial charge >= 0.3 is 0 Å². The lowest BCUT2D eigenvalue weighted by Crippen LogP contribution is -2.28. The van der Waals surface area contributed by atoms with Crippen molar-refractivity contribution >= 4 is 46.5 Å². The molecule has 0 saturated carbocycles. The Kier molecular flexibility index (Phi) is 4.45. The molecule has 0 fully saturated rings. The highest BCUT2D eigenvalue weighted by Crippen LogP contribution is 2.36. The number of H-pyrrole nitrogens is 1. The van der Waals surface area contributed by atoms with Gasteiger partial charge in [0.1, 0.15) is 15.9 Å². The van der Waals surface area contributed by atoms with Crippen molar-refractivity contribution in [2.75, 3.05) is 4.90 Å². The van der Waals surface area contributed by atoms with Gasteiger partial charge in [-0.25, -0.2) is 4.98 Å². The predicted molar refractivity (Wildman–Crippen MR) is 122 cm³/mol. The van der Waals surface area contributed by atoms with Crippen LogP contribution in [0.1, 0.15) is 18.3 Å². The molecule has 1 atom stereocenters. The molecule has 0 bridgehead atoms. The molecule has 4 aromatic rings. The fourth-order valence-electron chi connectivity index (χ4n) is 4.08. The Labute approximate surface area is 182 Å². The zero-order valence-corrected chi connectivity index (χ0v) is 18.0. The molecule has 0 radical (unpaired) electrons. The van der Waals surface area contributed by atoms with Crippen molar-refractivity contribution in [2.24, 2.45) is 0 Å². The van der Waals surface area contributed by atoms with Crippen LogP contribution in [0.4, 0.5) is 11.6 Å². The highest BCUT2D eigenvalue weighted by molar-refractivity contribution is 7.71. The van der Waals surface area contributed by atoms with Gasteiger partial charge in [-0.05, 0) is 56.2 Å². The number of rotatable bonds is 2. The summed E-state index contributed by atoms with van der Waals surface area (Å²) in [5.74, 6) is 1.13. The van der Waals surface area contributed by atoms with E-state index in [0.717, 1.165) is 17.8 Å². The average Bonchev–Trinajstić information content (AvgIpc) is 3.04. The first kappa shape index (κ1) is 19.0. The van der Waals surface area contributed by atoms with E-state index < -0.39 is 0 Å². The third kappa shape index (κ3) is 2.93. The van der Waals surface area contributed by atoms with Crippen LogP contribution in [-0.4, -0.2) is 25.6 Å². The van der Waals surface area contributed by atoms with Gasteiger partial charge in [0.05, 0.1) is 0 Å². The van der Waals surface area contributed by atoms with Crippen LogP contribution in [0.5, 0.6) is 0 Å². The fourth-order valence-corrected chi connectivity index (χ4v) is 4.63. The number of anilines is 2. The molecule has 2 aromatic carbocycles. The molecule has 150 valence electrons. The lowest BCUT2D eigenvalue weighted by Gasteiger charge is -2.23. The summed E-state index contributed by atoms with van der Waals surface area (Å²) in [4.78, 5) is 27.4. The number of para-hydroxylation sites is 1. The zero-order chi connectivity index (χ0) is 21.0. The van der Waals surface area contributed by atoms with Gasteiger partial charge in [0.25, 0.3) is 5.56 Å². The number of fused-ring (bicyclic) bond motifs is 2. The first-order valence-electron chi connectivity index (χ1n) is 9.61. The summed E-state index contributed by atoms with van der Waals surface area (Å²) < 4.78 is 2.13. The first-order valence-corrected chi connectivity index (χ1v) is 10.4. The van der Waals surface area contributed by atoms with Crippen LogP contribution in [0.2, 0.25) is 5.02 Å². The summed E-state index contributed by atoms with van der Waals surface area (Å²) in [5, 5.41) is 0.926. The molecule has 0 unspecified atom stereocenters. The van der Waals surface area contributed by atoms with Crippen molar-refractivity contribution in [3.05, 3.63) is 79.9 Å². The molecular weight excluding hydrogens is 418 g/mol. The maximum absolute atomic E-state index is 13.1. The highest BCUT2D eigenvalue weighted by Gasteiger charge is 2.29. The molecule has 30 heavy (non-hydrogen) atoms. The van der Waals surface area contributed by atoms with Crippen molar-refractivity contribution < 1.29 is 0 Å². The molecule has 0 aliphatic carbocycles. The number of aromatic nitrogens is 4. The van der Waals surface area contributed by atoms with Crippen LogP contribution in [-0.2, 0) is 6.42 Å². The Balaban J connectivity index is 1.71. The maximum atomic E-state index is 13.1. The molecule has 8 heteroatoms. The van der Waals surface area contributed by atoms with E-state index in [1.165, 1.54) is 5.56 Å². The maximum Gasteiger partial charge on any atom is 0.264 e. The second-order valence-corrected chi connectivity index (χ2v) is 8.24. The minimum Gasteiger partial charge on any atom is -0.309 e. The average molecular weight is 436 g/mol. The van der Waals surface area contributed by atoms with E-state index in [9.17, 15) is 4.79 Å². The van der Waals surface area contributed by atoms with Crippen LogP contribution in [0.15, 0.2) is 53.3 Å².